The summed E-state index contributed by atoms with van der Waals surface area (Å²) in [5.74, 6) is 1.69. The molecule has 0 bridgehead atoms. The second-order valence-corrected chi connectivity index (χ2v) is 5.32. The van der Waals surface area contributed by atoms with Crippen molar-refractivity contribution < 1.29 is 0 Å². The van der Waals surface area contributed by atoms with E-state index in [9.17, 15) is 0 Å². The van der Waals surface area contributed by atoms with E-state index in [0.29, 0.717) is 0 Å². The topological polar surface area (TPSA) is 6.48 Å². The van der Waals surface area contributed by atoms with Crippen molar-refractivity contribution in [1.82, 2.24) is 9.80 Å². The lowest BCUT2D eigenvalue weighted by Gasteiger charge is -2.32. The summed E-state index contributed by atoms with van der Waals surface area (Å²) in [6, 6.07) is 0. The van der Waals surface area contributed by atoms with E-state index in [2.05, 4.69) is 23.9 Å². The van der Waals surface area contributed by atoms with E-state index in [0.717, 1.165) is 11.8 Å². The van der Waals surface area contributed by atoms with Gasteiger partial charge in [-0.15, -0.1) is 11.6 Å². The molecule has 1 fully saturated rings. The highest BCUT2D eigenvalue weighted by molar-refractivity contribution is 6.17. The maximum atomic E-state index is 5.80. The van der Waals surface area contributed by atoms with Gasteiger partial charge in [-0.1, -0.05) is 0 Å². The molecule has 1 rings (SSSR count). The molecular formula is C12H25ClN2. The van der Waals surface area contributed by atoms with Crippen LogP contribution in [0.1, 0.15) is 25.7 Å². The molecule has 0 N–H and O–H groups in total. The van der Waals surface area contributed by atoms with E-state index in [1.807, 2.05) is 0 Å². The molecule has 90 valence electrons. The zero-order chi connectivity index (χ0) is 11.1. The number of rotatable bonds is 6. The summed E-state index contributed by atoms with van der Waals surface area (Å²) in [6.45, 7) is 5.04. The van der Waals surface area contributed by atoms with Crippen LogP contribution in [0.25, 0.3) is 0 Å². The predicted molar refractivity (Wildman–Crippen MR) is 67.7 cm³/mol. The van der Waals surface area contributed by atoms with Crippen LogP contribution in [0.5, 0.6) is 0 Å². The molecule has 0 spiro atoms. The van der Waals surface area contributed by atoms with Crippen LogP contribution < -0.4 is 0 Å². The van der Waals surface area contributed by atoms with Crippen LogP contribution in [0.4, 0.5) is 0 Å². The van der Waals surface area contributed by atoms with Gasteiger partial charge < -0.3 is 9.80 Å². The molecule has 1 aliphatic rings. The maximum Gasteiger partial charge on any atom is 0.0226 e. The standard InChI is InChI=1S/C12H25ClN2/c1-14(2)8-4-10-15-9-3-5-12(11-15)6-7-13/h12H,3-11H2,1-2H3. The number of hydrogen-bond donors (Lipinski definition) is 0. The Morgan fingerprint density at radius 3 is 2.87 bits per heavy atom. The van der Waals surface area contributed by atoms with Crippen molar-refractivity contribution in [3.63, 3.8) is 0 Å². The molecule has 0 amide bonds. The molecule has 1 atom stereocenters. The number of alkyl halides is 1. The minimum absolute atomic E-state index is 0.830. The van der Waals surface area contributed by atoms with Gasteiger partial charge in [0.2, 0.25) is 0 Å². The Balaban J connectivity index is 2.12. The number of piperidine rings is 1. The number of nitrogens with zero attached hydrogens (tertiary/aromatic N) is 2. The third-order valence-electron chi connectivity index (χ3n) is 3.20. The van der Waals surface area contributed by atoms with Crippen molar-refractivity contribution >= 4 is 11.6 Å². The van der Waals surface area contributed by atoms with Crippen LogP contribution in [0.15, 0.2) is 0 Å². The van der Waals surface area contributed by atoms with Crippen molar-refractivity contribution in [3.8, 4) is 0 Å². The van der Waals surface area contributed by atoms with Crippen LogP contribution in [-0.2, 0) is 0 Å². The molecule has 0 aromatic carbocycles. The Labute approximate surface area is 99.6 Å². The van der Waals surface area contributed by atoms with Gasteiger partial charge in [0.05, 0.1) is 0 Å². The summed E-state index contributed by atoms with van der Waals surface area (Å²) in [7, 11) is 4.29. The van der Waals surface area contributed by atoms with Gasteiger partial charge in [0.15, 0.2) is 0 Å². The Morgan fingerprint density at radius 2 is 2.20 bits per heavy atom. The molecule has 0 aliphatic carbocycles. The van der Waals surface area contributed by atoms with Crippen molar-refractivity contribution in [3.05, 3.63) is 0 Å². The average molecular weight is 233 g/mol. The van der Waals surface area contributed by atoms with Crippen LogP contribution in [-0.4, -0.2) is 56.0 Å². The summed E-state index contributed by atoms with van der Waals surface area (Å²) in [4.78, 5) is 4.88. The third-order valence-corrected chi connectivity index (χ3v) is 3.42. The van der Waals surface area contributed by atoms with Gasteiger partial charge >= 0.3 is 0 Å². The Kier molecular flexibility index (Phi) is 6.62. The van der Waals surface area contributed by atoms with Crippen molar-refractivity contribution in [2.24, 2.45) is 5.92 Å². The first-order chi connectivity index (χ1) is 7.22. The third kappa shape index (κ3) is 5.74. The summed E-state index contributed by atoms with van der Waals surface area (Å²) in [5, 5.41) is 0. The largest absolute Gasteiger partial charge is 0.309 e. The SMILES string of the molecule is CN(C)CCCN1CCCC(CCCl)C1. The molecule has 0 aromatic heterocycles. The predicted octanol–water partition coefficient (Wildman–Crippen LogP) is 2.28. The minimum atomic E-state index is 0.830. The fraction of sp³-hybridized carbons (Fsp3) is 1.00. The first-order valence-electron chi connectivity index (χ1n) is 6.15. The summed E-state index contributed by atoms with van der Waals surface area (Å²) in [5.41, 5.74) is 0. The van der Waals surface area contributed by atoms with Crippen molar-refractivity contribution in [1.29, 1.82) is 0 Å². The van der Waals surface area contributed by atoms with E-state index in [1.54, 1.807) is 0 Å². The Bertz CT molecular complexity index is 160. The fourth-order valence-electron chi connectivity index (χ4n) is 2.35. The summed E-state index contributed by atoms with van der Waals surface area (Å²) < 4.78 is 0. The first-order valence-corrected chi connectivity index (χ1v) is 6.69. The Hall–Kier alpha value is 0.210. The monoisotopic (exact) mass is 232 g/mol. The highest BCUT2D eigenvalue weighted by atomic mass is 35.5. The average Bonchev–Trinajstić information content (AvgIpc) is 2.18. The number of likely N-dealkylation sites (tertiary alicyclic amines) is 1. The summed E-state index contributed by atoms with van der Waals surface area (Å²) in [6.07, 6.45) is 5.24. The van der Waals surface area contributed by atoms with Crippen molar-refractivity contribution in [2.45, 2.75) is 25.7 Å². The van der Waals surface area contributed by atoms with Crippen LogP contribution in [0, 0.1) is 5.92 Å². The molecule has 15 heavy (non-hydrogen) atoms. The maximum absolute atomic E-state index is 5.80. The van der Waals surface area contributed by atoms with Gasteiger partial charge in [0, 0.05) is 12.4 Å². The van der Waals surface area contributed by atoms with Crippen LogP contribution in [0.2, 0.25) is 0 Å². The van der Waals surface area contributed by atoms with Gasteiger partial charge in [-0.25, -0.2) is 0 Å². The van der Waals surface area contributed by atoms with E-state index >= 15 is 0 Å². The molecule has 2 nitrogen and oxygen atoms in total. The fourth-order valence-corrected chi connectivity index (χ4v) is 2.66. The summed E-state index contributed by atoms with van der Waals surface area (Å²) >= 11 is 5.80. The van der Waals surface area contributed by atoms with Gasteiger partial charge in [-0.05, 0) is 65.3 Å². The van der Waals surface area contributed by atoms with Crippen molar-refractivity contribution in [2.75, 3.05) is 46.2 Å². The number of halogens is 1. The van der Waals surface area contributed by atoms with Gasteiger partial charge in [-0.2, -0.15) is 0 Å². The quantitative estimate of drug-likeness (QED) is 0.649. The lowest BCUT2D eigenvalue weighted by Crippen LogP contribution is -2.37. The zero-order valence-electron chi connectivity index (χ0n) is 10.2. The molecule has 1 aliphatic heterocycles. The lowest BCUT2D eigenvalue weighted by molar-refractivity contribution is 0.166. The second-order valence-electron chi connectivity index (χ2n) is 4.94. The molecule has 0 aromatic rings. The minimum Gasteiger partial charge on any atom is -0.309 e. The van der Waals surface area contributed by atoms with E-state index in [-0.39, 0.29) is 0 Å². The van der Waals surface area contributed by atoms with Crippen LogP contribution in [0.3, 0.4) is 0 Å². The molecule has 3 heteroatoms. The van der Waals surface area contributed by atoms with Crippen LogP contribution >= 0.6 is 11.6 Å². The molecule has 1 saturated heterocycles. The zero-order valence-corrected chi connectivity index (χ0v) is 11.0. The van der Waals surface area contributed by atoms with Gasteiger partial charge in [0.25, 0.3) is 0 Å². The highest BCUT2D eigenvalue weighted by Gasteiger charge is 2.18. The lowest BCUT2D eigenvalue weighted by atomic mass is 9.95. The normalized spacial score (nSPS) is 23.6. The Morgan fingerprint density at radius 1 is 1.40 bits per heavy atom. The number of hydrogen-bond acceptors (Lipinski definition) is 2. The first kappa shape index (κ1) is 13.3. The smallest absolute Gasteiger partial charge is 0.0226 e. The molecular weight excluding hydrogens is 208 g/mol. The van der Waals surface area contributed by atoms with Gasteiger partial charge in [-0.3, -0.25) is 0 Å². The molecule has 1 unspecified atom stereocenters. The second kappa shape index (κ2) is 7.48. The highest BCUT2D eigenvalue weighted by Crippen LogP contribution is 2.19. The van der Waals surface area contributed by atoms with Gasteiger partial charge in [0.1, 0.15) is 0 Å². The molecule has 0 radical (unpaired) electrons. The van der Waals surface area contributed by atoms with E-state index in [4.69, 9.17) is 11.6 Å². The molecule has 1 heterocycles. The van der Waals surface area contributed by atoms with E-state index in [1.165, 1.54) is 51.9 Å². The van der Waals surface area contributed by atoms with E-state index < -0.39 is 0 Å². The molecule has 0 saturated carbocycles.